The van der Waals surface area contributed by atoms with Gasteiger partial charge in [0.2, 0.25) is 5.91 Å². The van der Waals surface area contributed by atoms with Gasteiger partial charge < -0.3 is 14.4 Å². The molecule has 0 fully saturated rings. The molecule has 0 aliphatic carbocycles. The first kappa shape index (κ1) is 15.7. The molecule has 0 bridgehead atoms. The maximum atomic E-state index is 12.6. The fourth-order valence-electron chi connectivity index (χ4n) is 2.71. The molecule has 1 amide bonds. The van der Waals surface area contributed by atoms with E-state index in [1.54, 1.807) is 30.6 Å². The molecular formula is C17H17NO4S. The lowest BCUT2D eigenvalue weighted by Gasteiger charge is -2.19. The Morgan fingerprint density at radius 2 is 2.13 bits per heavy atom. The Kier molecular flexibility index (Phi) is 4.17. The van der Waals surface area contributed by atoms with Gasteiger partial charge in [-0.15, -0.1) is 11.8 Å². The van der Waals surface area contributed by atoms with E-state index in [0.29, 0.717) is 11.5 Å². The first-order valence-corrected chi connectivity index (χ1v) is 8.16. The number of carbonyl (C=O) groups excluding carboxylic acids is 1. The number of nitrogens with zero attached hydrogens (tertiary/aromatic N) is 1. The van der Waals surface area contributed by atoms with Crippen molar-refractivity contribution in [2.45, 2.75) is 30.0 Å². The summed E-state index contributed by atoms with van der Waals surface area (Å²) in [5, 5.41) is 8.92. The van der Waals surface area contributed by atoms with Gasteiger partial charge in [-0.2, -0.15) is 0 Å². The molecule has 6 heteroatoms. The molecule has 0 saturated carbocycles. The minimum Gasteiger partial charge on any atom is -0.478 e. The molecule has 0 radical (unpaired) electrons. The van der Waals surface area contributed by atoms with Crippen LogP contribution in [0.5, 0.6) is 0 Å². The highest BCUT2D eigenvalue weighted by atomic mass is 32.2. The molecule has 1 unspecified atom stereocenters. The zero-order valence-corrected chi connectivity index (χ0v) is 13.7. The minimum atomic E-state index is -1.02. The number of rotatable bonds is 4. The molecule has 1 aromatic heterocycles. The van der Waals surface area contributed by atoms with Crippen LogP contribution in [0.25, 0.3) is 0 Å². The third kappa shape index (κ3) is 3.12. The third-order valence-electron chi connectivity index (χ3n) is 3.89. The van der Waals surface area contributed by atoms with E-state index in [4.69, 9.17) is 9.52 Å². The van der Waals surface area contributed by atoms with Crippen LogP contribution in [0.3, 0.4) is 0 Å². The summed E-state index contributed by atoms with van der Waals surface area (Å²) in [6.07, 6.45) is 0.724. The number of thioether (sulfide) groups is 1. The summed E-state index contributed by atoms with van der Waals surface area (Å²) in [7, 11) is 1.71. The number of amides is 1. The van der Waals surface area contributed by atoms with Crippen LogP contribution in [0.2, 0.25) is 0 Å². The van der Waals surface area contributed by atoms with Crippen molar-refractivity contribution in [1.82, 2.24) is 4.90 Å². The highest BCUT2D eigenvalue weighted by Gasteiger charge is 2.30. The summed E-state index contributed by atoms with van der Waals surface area (Å²) < 4.78 is 5.44. The van der Waals surface area contributed by atoms with Crippen LogP contribution in [0.1, 0.15) is 27.4 Å². The molecule has 3 rings (SSSR count). The number of hydrogen-bond donors (Lipinski definition) is 1. The van der Waals surface area contributed by atoms with Crippen molar-refractivity contribution < 1.29 is 19.1 Å². The standard InChI is InChI=1S/C17H17NO4S/c1-10-13(17(20)21)8-12(22-10)9-18(2)16(19)15-7-11-5-3-4-6-14(11)23-15/h3-6,8,15H,7,9H2,1-2H3,(H,20,21). The largest absolute Gasteiger partial charge is 0.478 e. The van der Waals surface area contributed by atoms with Crippen molar-refractivity contribution in [1.29, 1.82) is 0 Å². The zero-order chi connectivity index (χ0) is 16.6. The first-order valence-electron chi connectivity index (χ1n) is 7.28. The lowest BCUT2D eigenvalue weighted by Crippen LogP contribution is -2.34. The third-order valence-corrected chi connectivity index (χ3v) is 5.20. The van der Waals surface area contributed by atoms with Gasteiger partial charge in [0, 0.05) is 11.9 Å². The van der Waals surface area contributed by atoms with Crippen LogP contribution in [0.15, 0.2) is 39.6 Å². The Bertz CT molecular complexity index is 743. The van der Waals surface area contributed by atoms with Crippen LogP contribution < -0.4 is 0 Å². The van der Waals surface area contributed by atoms with E-state index in [2.05, 4.69) is 0 Å². The maximum Gasteiger partial charge on any atom is 0.339 e. The van der Waals surface area contributed by atoms with Crippen molar-refractivity contribution >= 4 is 23.6 Å². The quantitative estimate of drug-likeness (QED) is 0.932. The molecule has 2 heterocycles. The molecule has 23 heavy (non-hydrogen) atoms. The summed E-state index contributed by atoms with van der Waals surface area (Å²) >= 11 is 1.58. The van der Waals surface area contributed by atoms with Gasteiger partial charge in [-0.1, -0.05) is 18.2 Å². The smallest absolute Gasteiger partial charge is 0.339 e. The van der Waals surface area contributed by atoms with Gasteiger partial charge in [-0.05, 0) is 31.0 Å². The highest BCUT2D eigenvalue weighted by molar-refractivity contribution is 8.01. The number of hydrogen-bond acceptors (Lipinski definition) is 4. The number of carboxylic acids is 1. The normalized spacial score (nSPS) is 16.2. The van der Waals surface area contributed by atoms with Gasteiger partial charge in [0.1, 0.15) is 17.1 Å². The predicted octanol–water partition coefficient (Wildman–Crippen LogP) is 2.96. The number of aromatic carboxylic acids is 1. The fraction of sp³-hybridized carbons (Fsp3) is 0.294. The summed E-state index contributed by atoms with van der Waals surface area (Å²) in [6, 6.07) is 9.52. The SMILES string of the molecule is Cc1oc(CN(C)C(=O)C2Cc3ccccc3S2)cc1C(=O)O. The molecule has 0 spiro atoms. The number of benzene rings is 1. The molecule has 0 saturated heterocycles. The van der Waals surface area contributed by atoms with Crippen LogP contribution in [0.4, 0.5) is 0 Å². The molecule has 2 aromatic rings. The second-order valence-corrected chi connectivity index (χ2v) is 6.84. The van der Waals surface area contributed by atoms with Gasteiger partial charge in [0.05, 0.1) is 11.8 Å². The molecule has 1 atom stereocenters. The number of aryl methyl sites for hydroxylation is 1. The molecule has 120 valence electrons. The Hall–Kier alpha value is -2.21. The number of carboxylic acid groups (broad SMARTS) is 1. The summed E-state index contributed by atoms with van der Waals surface area (Å²) in [6.45, 7) is 1.87. The average molecular weight is 331 g/mol. The van der Waals surface area contributed by atoms with Gasteiger partial charge in [0.25, 0.3) is 0 Å². The van der Waals surface area contributed by atoms with Crippen molar-refractivity contribution in [3.05, 3.63) is 53.0 Å². The Balaban J connectivity index is 1.67. The molecule has 1 aliphatic rings. The second kappa shape index (κ2) is 6.12. The van der Waals surface area contributed by atoms with E-state index in [1.165, 1.54) is 11.6 Å². The Morgan fingerprint density at radius 1 is 1.39 bits per heavy atom. The number of fused-ring (bicyclic) bond motifs is 1. The molecule has 1 aromatic carbocycles. The lowest BCUT2D eigenvalue weighted by molar-refractivity contribution is -0.130. The van der Waals surface area contributed by atoms with E-state index in [1.807, 2.05) is 24.3 Å². The zero-order valence-electron chi connectivity index (χ0n) is 12.9. The van der Waals surface area contributed by atoms with E-state index >= 15 is 0 Å². The molecular weight excluding hydrogens is 314 g/mol. The fourth-order valence-corrected chi connectivity index (χ4v) is 4.02. The van der Waals surface area contributed by atoms with Crippen LogP contribution in [0, 0.1) is 6.92 Å². The highest BCUT2D eigenvalue weighted by Crippen LogP contribution is 2.37. The number of carbonyl (C=O) groups is 2. The molecule has 1 N–H and O–H groups in total. The first-order chi connectivity index (χ1) is 11.0. The summed E-state index contributed by atoms with van der Waals surface area (Å²) in [5.41, 5.74) is 1.34. The van der Waals surface area contributed by atoms with Crippen molar-refractivity contribution in [3.63, 3.8) is 0 Å². The van der Waals surface area contributed by atoms with E-state index in [9.17, 15) is 9.59 Å². The molecule has 1 aliphatic heterocycles. The average Bonchev–Trinajstić information content (AvgIpc) is 3.09. The Morgan fingerprint density at radius 3 is 2.78 bits per heavy atom. The lowest BCUT2D eigenvalue weighted by atomic mass is 10.1. The van der Waals surface area contributed by atoms with E-state index in [0.717, 1.165) is 11.3 Å². The van der Waals surface area contributed by atoms with Crippen molar-refractivity contribution in [2.24, 2.45) is 0 Å². The second-order valence-electron chi connectivity index (χ2n) is 5.60. The van der Waals surface area contributed by atoms with Gasteiger partial charge in [-0.25, -0.2) is 4.79 Å². The monoisotopic (exact) mass is 331 g/mol. The predicted molar refractivity (Wildman–Crippen MR) is 86.7 cm³/mol. The van der Waals surface area contributed by atoms with Gasteiger partial charge in [0.15, 0.2) is 0 Å². The maximum absolute atomic E-state index is 12.6. The topological polar surface area (TPSA) is 70.8 Å². The van der Waals surface area contributed by atoms with Crippen LogP contribution in [-0.4, -0.2) is 34.2 Å². The van der Waals surface area contributed by atoms with Crippen molar-refractivity contribution in [2.75, 3.05) is 7.05 Å². The summed E-state index contributed by atoms with van der Waals surface area (Å²) in [5.74, 6) is -0.155. The van der Waals surface area contributed by atoms with Crippen LogP contribution >= 0.6 is 11.8 Å². The summed E-state index contributed by atoms with van der Waals surface area (Å²) in [4.78, 5) is 26.4. The van der Waals surface area contributed by atoms with Gasteiger partial charge >= 0.3 is 5.97 Å². The van der Waals surface area contributed by atoms with Crippen LogP contribution in [-0.2, 0) is 17.8 Å². The number of furan rings is 1. The van der Waals surface area contributed by atoms with E-state index < -0.39 is 5.97 Å². The van der Waals surface area contributed by atoms with Crippen molar-refractivity contribution in [3.8, 4) is 0 Å². The minimum absolute atomic E-state index is 0.0251. The van der Waals surface area contributed by atoms with E-state index in [-0.39, 0.29) is 23.3 Å². The van der Waals surface area contributed by atoms with Gasteiger partial charge in [-0.3, -0.25) is 4.79 Å². The molecule has 5 nitrogen and oxygen atoms in total. The Labute approximate surface area is 138 Å².